The number of ether oxygens (including phenoxy) is 1. The molecule has 0 atom stereocenters. The number of imidazole rings is 1. The number of hydrogen-bond donors (Lipinski definition) is 1. The molecule has 0 saturated carbocycles. The number of aromatic nitrogens is 2. The van der Waals surface area contributed by atoms with Crippen molar-refractivity contribution in [2.75, 3.05) is 13.2 Å². The topological polar surface area (TPSA) is 39.1 Å². The molecule has 1 N–H and O–H groups in total. The van der Waals surface area contributed by atoms with Crippen LogP contribution in [0.1, 0.15) is 18.4 Å². The van der Waals surface area contributed by atoms with E-state index in [2.05, 4.69) is 34.6 Å². The van der Waals surface area contributed by atoms with Crippen molar-refractivity contribution in [2.24, 2.45) is 0 Å². The normalized spacial score (nSPS) is 16.6. The summed E-state index contributed by atoms with van der Waals surface area (Å²) in [6.07, 6.45) is 7.80. The Balaban J connectivity index is 1.57. The lowest BCUT2D eigenvalue weighted by molar-refractivity contribution is 0.0776. The summed E-state index contributed by atoms with van der Waals surface area (Å²) in [6.45, 7) is 2.70. The highest BCUT2D eigenvalue weighted by molar-refractivity contribution is 5.34. The summed E-state index contributed by atoms with van der Waals surface area (Å²) in [5.74, 6) is 0. The highest BCUT2D eigenvalue weighted by atomic mass is 16.5. The zero-order chi connectivity index (χ0) is 12.9. The second-order valence-electron chi connectivity index (χ2n) is 4.90. The van der Waals surface area contributed by atoms with Crippen LogP contribution < -0.4 is 5.32 Å². The summed E-state index contributed by atoms with van der Waals surface area (Å²) < 4.78 is 7.37. The highest BCUT2D eigenvalue weighted by Crippen LogP contribution is 2.11. The first-order valence-electron chi connectivity index (χ1n) is 6.80. The lowest BCUT2D eigenvalue weighted by Gasteiger charge is -2.23. The van der Waals surface area contributed by atoms with E-state index in [0.29, 0.717) is 6.04 Å². The first kappa shape index (κ1) is 12.4. The van der Waals surface area contributed by atoms with E-state index < -0.39 is 0 Å². The van der Waals surface area contributed by atoms with Gasteiger partial charge >= 0.3 is 0 Å². The molecule has 4 heteroatoms. The predicted octanol–water partition coefficient (Wildman–Crippen LogP) is 2.14. The van der Waals surface area contributed by atoms with E-state index in [-0.39, 0.29) is 0 Å². The minimum absolute atomic E-state index is 0.599. The largest absolute Gasteiger partial charge is 0.381 e. The smallest absolute Gasteiger partial charge is 0.0991 e. The van der Waals surface area contributed by atoms with E-state index >= 15 is 0 Å². The molecule has 0 spiro atoms. The molecule has 1 aromatic carbocycles. The molecule has 1 aliphatic heterocycles. The van der Waals surface area contributed by atoms with Crippen molar-refractivity contribution >= 4 is 0 Å². The van der Waals surface area contributed by atoms with Gasteiger partial charge < -0.3 is 14.6 Å². The van der Waals surface area contributed by atoms with E-state index in [0.717, 1.165) is 38.3 Å². The van der Waals surface area contributed by atoms with Gasteiger partial charge in [-0.25, -0.2) is 4.98 Å². The van der Waals surface area contributed by atoms with Gasteiger partial charge in [0.25, 0.3) is 0 Å². The van der Waals surface area contributed by atoms with Crippen LogP contribution in [0.3, 0.4) is 0 Å². The molecule has 2 heterocycles. The molecule has 0 unspecified atom stereocenters. The Morgan fingerprint density at radius 1 is 1.21 bits per heavy atom. The second kappa shape index (κ2) is 5.99. The third-order valence-corrected chi connectivity index (χ3v) is 3.56. The van der Waals surface area contributed by atoms with Gasteiger partial charge in [-0.2, -0.15) is 0 Å². The third kappa shape index (κ3) is 3.22. The van der Waals surface area contributed by atoms with Crippen LogP contribution in [0.25, 0.3) is 5.69 Å². The van der Waals surface area contributed by atoms with Crippen molar-refractivity contribution in [3.8, 4) is 5.69 Å². The van der Waals surface area contributed by atoms with Crippen LogP contribution >= 0.6 is 0 Å². The van der Waals surface area contributed by atoms with E-state index in [4.69, 9.17) is 4.74 Å². The molecule has 3 rings (SSSR count). The molecule has 1 aliphatic rings. The van der Waals surface area contributed by atoms with E-state index in [1.165, 1.54) is 5.56 Å². The average molecular weight is 257 g/mol. The number of benzene rings is 1. The van der Waals surface area contributed by atoms with Crippen molar-refractivity contribution in [2.45, 2.75) is 25.4 Å². The van der Waals surface area contributed by atoms with Crippen molar-refractivity contribution in [1.29, 1.82) is 0 Å². The summed E-state index contributed by atoms with van der Waals surface area (Å²) >= 11 is 0. The maximum atomic E-state index is 5.36. The van der Waals surface area contributed by atoms with Crippen LogP contribution in [0.4, 0.5) is 0 Å². The summed E-state index contributed by atoms with van der Waals surface area (Å²) in [6, 6.07) is 9.19. The van der Waals surface area contributed by atoms with Gasteiger partial charge in [-0.1, -0.05) is 12.1 Å². The first-order valence-corrected chi connectivity index (χ1v) is 6.80. The molecule has 1 fully saturated rings. The highest BCUT2D eigenvalue weighted by Gasteiger charge is 2.12. The Hall–Kier alpha value is -1.65. The van der Waals surface area contributed by atoms with Gasteiger partial charge in [0.05, 0.1) is 6.33 Å². The zero-order valence-electron chi connectivity index (χ0n) is 11.0. The molecule has 0 bridgehead atoms. The first-order chi connectivity index (χ1) is 9.42. The minimum atomic E-state index is 0.599. The number of hydrogen-bond acceptors (Lipinski definition) is 3. The Kier molecular flexibility index (Phi) is 3.91. The van der Waals surface area contributed by atoms with E-state index in [1.807, 2.05) is 17.1 Å². The van der Waals surface area contributed by atoms with E-state index in [9.17, 15) is 0 Å². The van der Waals surface area contributed by atoms with Gasteiger partial charge in [0.1, 0.15) is 0 Å². The molecular formula is C15H19N3O. The van der Waals surface area contributed by atoms with Gasteiger partial charge in [-0.3, -0.25) is 0 Å². The van der Waals surface area contributed by atoms with Gasteiger partial charge in [0.2, 0.25) is 0 Å². The van der Waals surface area contributed by atoms with Gasteiger partial charge in [0.15, 0.2) is 0 Å². The molecule has 4 nitrogen and oxygen atoms in total. The van der Waals surface area contributed by atoms with Crippen LogP contribution in [0, 0.1) is 0 Å². The monoisotopic (exact) mass is 257 g/mol. The van der Waals surface area contributed by atoms with Gasteiger partial charge in [-0.15, -0.1) is 0 Å². The SMILES string of the molecule is c1cn(-c2ccc(CNC3CCOCC3)cc2)cn1. The van der Waals surface area contributed by atoms with Gasteiger partial charge in [-0.05, 0) is 30.5 Å². The molecule has 19 heavy (non-hydrogen) atoms. The quantitative estimate of drug-likeness (QED) is 0.912. The maximum Gasteiger partial charge on any atom is 0.0991 e. The Bertz CT molecular complexity index is 487. The standard InChI is InChI=1S/C15H19N3O/c1-3-15(18-8-7-16-12-18)4-2-13(1)11-17-14-5-9-19-10-6-14/h1-4,7-8,12,14,17H,5-6,9-11H2. The minimum Gasteiger partial charge on any atom is -0.381 e. The Labute approximate surface area is 113 Å². The molecule has 2 aromatic rings. The van der Waals surface area contributed by atoms with Crippen LogP contribution in [0.2, 0.25) is 0 Å². The van der Waals surface area contributed by atoms with Crippen molar-refractivity contribution in [3.05, 3.63) is 48.5 Å². The summed E-state index contributed by atoms with van der Waals surface area (Å²) in [4.78, 5) is 4.06. The lowest BCUT2D eigenvalue weighted by atomic mass is 10.1. The van der Waals surface area contributed by atoms with Crippen molar-refractivity contribution < 1.29 is 4.74 Å². The number of rotatable bonds is 4. The maximum absolute atomic E-state index is 5.36. The molecule has 0 radical (unpaired) electrons. The van der Waals surface area contributed by atoms with Crippen molar-refractivity contribution in [1.82, 2.24) is 14.9 Å². The second-order valence-corrected chi connectivity index (χ2v) is 4.90. The van der Waals surface area contributed by atoms with Crippen LogP contribution in [0.15, 0.2) is 43.0 Å². The number of nitrogens with one attached hydrogen (secondary N) is 1. The fourth-order valence-corrected chi connectivity index (χ4v) is 2.36. The predicted molar refractivity (Wildman–Crippen MR) is 74.2 cm³/mol. The van der Waals surface area contributed by atoms with Crippen molar-refractivity contribution in [3.63, 3.8) is 0 Å². The van der Waals surface area contributed by atoms with Crippen LogP contribution in [-0.4, -0.2) is 28.8 Å². The molecule has 1 aromatic heterocycles. The zero-order valence-corrected chi connectivity index (χ0v) is 11.0. The molecule has 0 amide bonds. The molecule has 100 valence electrons. The lowest BCUT2D eigenvalue weighted by Crippen LogP contribution is -2.34. The average Bonchev–Trinajstić information content (AvgIpc) is 3.01. The molecular weight excluding hydrogens is 238 g/mol. The van der Waals surface area contributed by atoms with E-state index in [1.54, 1.807) is 6.20 Å². The summed E-state index contributed by atoms with van der Waals surface area (Å²) in [7, 11) is 0. The fourth-order valence-electron chi connectivity index (χ4n) is 2.36. The Morgan fingerprint density at radius 3 is 2.68 bits per heavy atom. The summed E-state index contributed by atoms with van der Waals surface area (Å²) in [5, 5.41) is 3.59. The third-order valence-electron chi connectivity index (χ3n) is 3.56. The Morgan fingerprint density at radius 2 is 2.00 bits per heavy atom. The summed E-state index contributed by atoms with van der Waals surface area (Å²) in [5.41, 5.74) is 2.46. The number of nitrogens with zero attached hydrogens (tertiary/aromatic N) is 2. The molecule has 1 saturated heterocycles. The fraction of sp³-hybridized carbons (Fsp3) is 0.400. The molecule has 0 aliphatic carbocycles. The van der Waals surface area contributed by atoms with Crippen LogP contribution in [-0.2, 0) is 11.3 Å². The van der Waals surface area contributed by atoms with Gasteiger partial charge in [0, 0.05) is 43.9 Å². The van der Waals surface area contributed by atoms with Crippen LogP contribution in [0.5, 0.6) is 0 Å².